The molecular formula is C32H31F3N2O4. The van der Waals surface area contributed by atoms with Gasteiger partial charge in [-0.3, -0.25) is 9.59 Å². The van der Waals surface area contributed by atoms with Crippen LogP contribution in [0, 0.1) is 0 Å². The zero-order valence-electron chi connectivity index (χ0n) is 23.0. The van der Waals surface area contributed by atoms with Gasteiger partial charge in [-0.1, -0.05) is 54.6 Å². The minimum absolute atomic E-state index is 0.102. The number of halogens is 3. The summed E-state index contributed by atoms with van der Waals surface area (Å²) in [4.78, 5) is 40.5. The summed E-state index contributed by atoms with van der Waals surface area (Å²) in [7, 11) is 0. The summed E-state index contributed by atoms with van der Waals surface area (Å²) in [6.45, 7) is 5.45. The lowest BCUT2D eigenvalue weighted by atomic mass is 9.83. The lowest BCUT2D eigenvalue weighted by Gasteiger charge is -2.34. The summed E-state index contributed by atoms with van der Waals surface area (Å²) in [6, 6.07) is 20.7. The molecule has 0 radical (unpaired) electrons. The maximum absolute atomic E-state index is 13.3. The van der Waals surface area contributed by atoms with Crippen LogP contribution in [0.25, 0.3) is 0 Å². The Labute approximate surface area is 236 Å². The van der Waals surface area contributed by atoms with Crippen LogP contribution < -0.4 is 5.32 Å². The van der Waals surface area contributed by atoms with E-state index in [2.05, 4.69) is 5.32 Å². The highest BCUT2D eigenvalue weighted by Gasteiger charge is 2.37. The van der Waals surface area contributed by atoms with E-state index in [-0.39, 0.29) is 43.0 Å². The van der Waals surface area contributed by atoms with Gasteiger partial charge in [-0.2, -0.15) is 13.2 Å². The van der Waals surface area contributed by atoms with Crippen molar-refractivity contribution in [2.24, 2.45) is 0 Å². The van der Waals surface area contributed by atoms with E-state index in [1.54, 1.807) is 38.1 Å². The molecule has 214 valence electrons. The van der Waals surface area contributed by atoms with E-state index in [0.717, 1.165) is 23.3 Å². The molecule has 3 aromatic rings. The van der Waals surface area contributed by atoms with Gasteiger partial charge in [-0.15, -0.1) is 0 Å². The lowest BCUT2D eigenvalue weighted by molar-refractivity contribution is -0.140. The molecule has 2 amide bonds. The van der Waals surface area contributed by atoms with Crippen LogP contribution in [-0.4, -0.2) is 29.3 Å². The minimum Gasteiger partial charge on any atom is -0.463 e. The van der Waals surface area contributed by atoms with Crippen LogP contribution in [0.2, 0.25) is 0 Å². The summed E-state index contributed by atoms with van der Waals surface area (Å²) in [5.74, 6) is -1.87. The number of hydrogen-bond acceptors (Lipinski definition) is 4. The molecule has 0 fully saturated rings. The summed E-state index contributed by atoms with van der Waals surface area (Å²) >= 11 is 0. The topological polar surface area (TPSA) is 75.7 Å². The van der Waals surface area contributed by atoms with Gasteiger partial charge in [0.05, 0.1) is 30.3 Å². The van der Waals surface area contributed by atoms with E-state index in [0.29, 0.717) is 16.8 Å². The first kappa shape index (κ1) is 29.6. The molecule has 1 aliphatic rings. The van der Waals surface area contributed by atoms with Crippen LogP contribution in [0.3, 0.4) is 0 Å². The van der Waals surface area contributed by atoms with Crippen LogP contribution >= 0.6 is 0 Å². The Morgan fingerprint density at radius 3 is 2.22 bits per heavy atom. The zero-order chi connectivity index (χ0) is 29.7. The van der Waals surface area contributed by atoms with E-state index in [4.69, 9.17) is 4.74 Å². The van der Waals surface area contributed by atoms with Gasteiger partial charge in [-0.05, 0) is 61.7 Å². The third-order valence-corrected chi connectivity index (χ3v) is 7.16. The van der Waals surface area contributed by atoms with E-state index in [9.17, 15) is 27.6 Å². The first-order valence-electron chi connectivity index (χ1n) is 13.3. The summed E-state index contributed by atoms with van der Waals surface area (Å²) < 4.78 is 44.5. The van der Waals surface area contributed by atoms with E-state index in [1.807, 2.05) is 37.3 Å². The number of nitrogens with one attached hydrogen (secondary N) is 1. The third-order valence-electron chi connectivity index (χ3n) is 7.16. The maximum Gasteiger partial charge on any atom is 0.416 e. The number of alkyl halides is 3. The zero-order valence-corrected chi connectivity index (χ0v) is 23.0. The number of carbonyl (C=O) groups excluding carboxylic acids is 3. The van der Waals surface area contributed by atoms with Gasteiger partial charge in [0.1, 0.15) is 0 Å². The van der Waals surface area contributed by atoms with Gasteiger partial charge in [0.15, 0.2) is 0 Å². The van der Waals surface area contributed by atoms with Crippen LogP contribution in [0.15, 0.2) is 90.1 Å². The van der Waals surface area contributed by atoms with Crippen molar-refractivity contribution in [2.45, 2.75) is 51.9 Å². The number of rotatable bonds is 8. The SMILES string of the molecule is CCOC(=O)C1=C(C)N(Cc2ccc(C(=O)N[C@H](C)c3ccccc3)cc2)C(=O)C[C@@H]1c1ccc(C(F)(F)F)cc1. The van der Waals surface area contributed by atoms with Crippen LogP contribution in [0.4, 0.5) is 13.2 Å². The Kier molecular flexibility index (Phi) is 8.95. The van der Waals surface area contributed by atoms with Crippen molar-refractivity contribution in [1.29, 1.82) is 0 Å². The molecule has 3 aromatic carbocycles. The van der Waals surface area contributed by atoms with E-state index in [1.165, 1.54) is 17.0 Å². The summed E-state index contributed by atoms with van der Waals surface area (Å²) in [6.07, 6.45) is -4.60. The Balaban J connectivity index is 1.54. The average molecular weight is 565 g/mol. The molecule has 1 N–H and O–H groups in total. The van der Waals surface area contributed by atoms with Gasteiger partial charge in [0, 0.05) is 23.6 Å². The number of ether oxygens (including phenoxy) is 1. The molecule has 6 nitrogen and oxygen atoms in total. The standard InChI is InChI=1S/C32H31F3N2O4/c1-4-41-31(40)29-21(3)37(28(38)18-27(29)24-14-16-26(17-15-24)32(33,34)35)19-22-10-12-25(13-11-22)30(39)36-20(2)23-8-6-5-7-9-23/h5-17,20,27H,4,18-19H2,1-3H3,(H,36,39)/t20-,27-/m1/s1. The highest BCUT2D eigenvalue weighted by Crippen LogP contribution is 2.39. The van der Waals surface area contributed by atoms with Crippen molar-refractivity contribution in [3.63, 3.8) is 0 Å². The fourth-order valence-corrected chi connectivity index (χ4v) is 4.92. The van der Waals surface area contributed by atoms with Crippen molar-refractivity contribution in [2.75, 3.05) is 6.61 Å². The second kappa shape index (κ2) is 12.4. The van der Waals surface area contributed by atoms with Gasteiger partial charge < -0.3 is 15.0 Å². The van der Waals surface area contributed by atoms with Gasteiger partial charge in [-0.25, -0.2) is 4.79 Å². The van der Waals surface area contributed by atoms with Crippen LogP contribution in [-0.2, 0) is 27.0 Å². The molecule has 1 heterocycles. The molecule has 1 aliphatic heterocycles. The predicted octanol–water partition coefficient (Wildman–Crippen LogP) is 6.55. The number of amides is 2. The Morgan fingerprint density at radius 1 is 1.00 bits per heavy atom. The number of allylic oxidation sites excluding steroid dienone is 1. The summed E-state index contributed by atoms with van der Waals surface area (Å²) in [5.41, 5.74) is 2.41. The molecule has 0 aliphatic carbocycles. The number of esters is 1. The number of hydrogen-bond donors (Lipinski definition) is 1. The fraction of sp³-hybridized carbons (Fsp3) is 0.281. The molecule has 4 rings (SSSR count). The quantitative estimate of drug-likeness (QED) is 0.315. The van der Waals surface area contributed by atoms with E-state index >= 15 is 0 Å². The average Bonchev–Trinajstić information content (AvgIpc) is 2.95. The summed E-state index contributed by atoms with van der Waals surface area (Å²) in [5, 5.41) is 2.97. The molecule has 0 saturated heterocycles. The smallest absolute Gasteiger partial charge is 0.416 e. The Bertz CT molecular complexity index is 1430. The Hall–Kier alpha value is -4.40. The van der Waals surface area contributed by atoms with Crippen LogP contribution in [0.5, 0.6) is 0 Å². The number of benzene rings is 3. The number of carbonyl (C=O) groups is 3. The molecule has 0 bridgehead atoms. The molecule has 0 aromatic heterocycles. The van der Waals surface area contributed by atoms with Gasteiger partial charge in [0.2, 0.25) is 5.91 Å². The van der Waals surface area contributed by atoms with Crippen molar-refractivity contribution >= 4 is 17.8 Å². The minimum atomic E-state index is -4.50. The van der Waals surface area contributed by atoms with Crippen molar-refractivity contribution in [3.05, 3.63) is 118 Å². The maximum atomic E-state index is 13.3. The predicted molar refractivity (Wildman–Crippen MR) is 147 cm³/mol. The van der Waals surface area contributed by atoms with E-state index < -0.39 is 23.6 Å². The fourth-order valence-electron chi connectivity index (χ4n) is 4.92. The molecule has 0 spiro atoms. The largest absolute Gasteiger partial charge is 0.463 e. The third kappa shape index (κ3) is 6.85. The molecule has 0 unspecified atom stereocenters. The molecule has 41 heavy (non-hydrogen) atoms. The van der Waals surface area contributed by atoms with Gasteiger partial charge in [0.25, 0.3) is 5.91 Å². The second-order valence-corrected chi connectivity index (χ2v) is 9.88. The molecule has 9 heteroatoms. The number of nitrogens with zero attached hydrogens (tertiary/aromatic N) is 1. The van der Waals surface area contributed by atoms with Crippen molar-refractivity contribution in [1.82, 2.24) is 10.2 Å². The monoisotopic (exact) mass is 564 g/mol. The van der Waals surface area contributed by atoms with Crippen LogP contribution in [0.1, 0.15) is 71.8 Å². The first-order valence-corrected chi connectivity index (χ1v) is 13.3. The van der Waals surface area contributed by atoms with Crippen molar-refractivity contribution in [3.8, 4) is 0 Å². The lowest BCUT2D eigenvalue weighted by Crippen LogP contribution is -2.38. The Morgan fingerprint density at radius 2 is 1.63 bits per heavy atom. The second-order valence-electron chi connectivity index (χ2n) is 9.88. The highest BCUT2D eigenvalue weighted by molar-refractivity contribution is 5.96. The normalized spacial score (nSPS) is 16.4. The molecule has 2 atom stereocenters. The first-order chi connectivity index (χ1) is 19.5. The highest BCUT2D eigenvalue weighted by atomic mass is 19.4. The molecule has 0 saturated carbocycles. The van der Waals surface area contributed by atoms with Gasteiger partial charge >= 0.3 is 12.1 Å². The van der Waals surface area contributed by atoms with Crippen molar-refractivity contribution < 1.29 is 32.3 Å². The molecular weight excluding hydrogens is 533 g/mol.